The summed E-state index contributed by atoms with van der Waals surface area (Å²) in [5.41, 5.74) is 0.411. The number of benzene rings is 2. The van der Waals surface area contributed by atoms with Crippen LogP contribution in [0.1, 0.15) is 11.1 Å². The molecular weight excluding hydrogens is 420 g/mol. The first-order valence-corrected chi connectivity index (χ1v) is 9.36. The smallest absolute Gasteiger partial charge is 0.411 e. The van der Waals surface area contributed by atoms with Gasteiger partial charge in [0, 0.05) is 29.4 Å². The van der Waals surface area contributed by atoms with Gasteiger partial charge in [0.2, 0.25) is 5.91 Å². The average Bonchev–Trinajstić information content (AvgIpc) is 2.73. The predicted molar refractivity (Wildman–Crippen MR) is 105 cm³/mol. The molecule has 10 heteroatoms. The number of rotatable bonds is 5. The van der Waals surface area contributed by atoms with Gasteiger partial charge in [-0.15, -0.1) is 0 Å². The summed E-state index contributed by atoms with van der Waals surface area (Å²) in [4.78, 5) is 36.2. The van der Waals surface area contributed by atoms with Crippen LogP contribution in [0.15, 0.2) is 48.5 Å². The normalized spacial score (nSPS) is 14.1. The standard InChI is InChI=1S/C20H18ClF2N3O4/c21-15-5-1-13(2-6-15)12-30-19(29)25-16-7-3-14(4-8-16)20(22,23)18(28)26-10-9-24-17(27)11-26/h1-8H,9-12H2,(H,24,27)(H,25,29). The van der Waals surface area contributed by atoms with Crippen LogP contribution in [0.25, 0.3) is 0 Å². The molecule has 1 heterocycles. The van der Waals surface area contributed by atoms with Gasteiger partial charge < -0.3 is 15.0 Å². The molecule has 2 aromatic rings. The molecular formula is C20H18ClF2N3O4. The van der Waals surface area contributed by atoms with Crippen LogP contribution < -0.4 is 10.6 Å². The third-order valence-electron chi connectivity index (χ3n) is 4.37. The van der Waals surface area contributed by atoms with Gasteiger partial charge in [0.1, 0.15) is 6.61 Å². The molecule has 0 atom stereocenters. The van der Waals surface area contributed by atoms with Crippen LogP contribution in [0.5, 0.6) is 0 Å². The maximum absolute atomic E-state index is 14.5. The zero-order valence-corrected chi connectivity index (χ0v) is 16.4. The van der Waals surface area contributed by atoms with Gasteiger partial charge in [-0.1, -0.05) is 35.9 Å². The van der Waals surface area contributed by atoms with E-state index < -0.39 is 35.9 Å². The summed E-state index contributed by atoms with van der Waals surface area (Å²) >= 11 is 5.78. The molecule has 3 amide bonds. The molecule has 2 aromatic carbocycles. The van der Waals surface area contributed by atoms with Gasteiger partial charge in [-0.3, -0.25) is 14.9 Å². The minimum atomic E-state index is -3.80. The van der Waals surface area contributed by atoms with Crippen molar-refractivity contribution in [2.75, 3.05) is 25.0 Å². The van der Waals surface area contributed by atoms with Gasteiger partial charge in [-0.05, 0) is 29.8 Å². The van der Waals surface area contributed by atoms with Gasteiger partial charge in [0.05, 0.1) is 6.54 Å². The average molecular weight is 438 g/mol. The zero-order chi connectivity index (χ0) is 21.7. The topological polar surface area (TPSA) is 87.7 Å². The lowest BCUT2D eigenvalue weighted by Gasteiger charge is -2.30. The molecule has 30 heavy (non-hydrogen) atoms. The van der Waals surface area contributed by atoms with E-state index in [0.29, 0.717) is 5.02 Å². The van der Waals surface area contributed by atoms with Crippen molar-refractivity contribution in [1.82, 2.24) is 10.2 Å². The highest BCUT2D eigenvalue weighted by molar-refractivity contribution is 6.30. The first-order chi connectivity index (χ1) is 14.3. The van der Waals surface area contributed by atoms with Gasteiger partial charge in [-0.2, -0.15) is 8.78 Å². The van der Waals surface area contributed by atoms with Gasteiger partial charge >= 0.3 is 12.0 Å². The van der Waals surface area contributed by atoms with Crippen LogP contribution >= 0.6 is 11.6 Å². The largest absolute Gasteiger partial charge is 0.444 e. The number of alkyl halides is 2. The Bertz CT molecular complexity index is 936. The highest BCUT2D eigenvalue weighted by atomic mass is 35.5. The van der Waals surface area contributed by atoms with E-state index in [1.165, 1.54) is 12.1 Å². The number of carbonyl (C=O) groups is 3. The summed E-state index contributed by atoms with van der Waals surface area (Å²) in [5, 5.41) is 5.45. The molecule has 0 unspecified atom stereocenters. The highest BCUT2D eigenvalue weighted by Crippen LogP contribution is 2.31. The van der Waals surface area contributed by atoms with E-state index in [4.69, 9.17) is 16.3 Å². The maximum Gasteiger partial charge on any atom is 0.411 e. The minimum Gasteiger partial charge on any atom is -0.444 e. The molecule has 1 fully saturated rings. The monoisotopic (exact) mass is 437 g/mol. The fourth-order valence-electron chi connectivity index (χ4n) is 2.78. The molecule has 0 aromatic heterocycles. The number of carbonyl (C=O) groups excluding carboxylic acids is 3. The first kappa shape index (κ1) is 21.5. The quantitative estimate of drug-likeness (QED) is 0.752. The van der Waals surface area contributed by atoms with Crippen LogP contribution in [0.4, 0.5) is 19.3 Å². The third kappa shape index (κ3) is 5.24. The number of nitrogens with one attached hydrogen (secondary N) is 2. The molecule has 0 aliphatic carbocycles. The van der Waals surface area contributed by atoms with Crippen LogP contribution in [-0.2, 0) is 26.9 Å². The molecule has 0 spiro atoms. The van der Waals surface area contributed by atoms with Crippen molar-refractivity contribution in [3.05, 3.63) is 64.7 Å². The second-order valence-corrected chi connectivity index (χ2v) is 6.99. The van der Waals surface area contributed by atoms with Crippen molar-refractivity contribution >= 4 is 35.2 Å². The molecule has 3 rings (SSSR count). The van der Waals surface area contributed by atoms with E-state index in [1.807, 2.05) is 0 Å². The van der Waals surface area contributed by atoms with Crippen molar-refractivity contribution in [1.29, 1.82) is 0 Å². The highest BCUT2D eigenvalue weighted by Gasteiger charge is 2.44. The Morgan fingerprint density at radius 2 is 1.80 bits per heavy atom. The summed E-state index contributed by atoms with van der Waals surface area (Å²) in [6.45, 7) is -0.258. The Morgan fingerprint density at radius 3 is 2.43 bits per heavy atom. The molecule has 0 radical (unpaired) electrons. The molecule has 1 aliphatic heterocycles. The SMILES string of the molecule is O=C1CN(C(=O)C(F)(F)c2ccc(NC(=O)OCc3ccc(Cl)cc3)cc2)CCN1. The van der Waals surface area contributed by atoms with Gasteiger partial charge in [0.25, 0.3) is 5.91 Å². The van der Waals surface area contributed by atoms with Gasteiger partial charge in [-0.25, -0.2) is 4.79 Å². The Balaban J connectivity index is 1.58. The Morgan fingerprint density at radius 1 is 1.13 bits per heavy atom. The number of amides is 3. The lowest BCUT2D eigenvalue weighted by molar-refractivity contribution is -0.161. The van der Waals surface area contributed by atoms with E-state index in [2.05, 4.69) is 10.6 Å². The fourth-order valence-corrected chi connectivity index (χ4v) is 2.91. The minimum absolute atomic E-state index is 0.0110. The summed E-state index contributed by atoms with van der Waals surface area (Å²) in [7, 11) is 0. The fraction of sp³-hybridized carbons (Fsp3) is 0.250. The summed E-state index contributed by atoms with van der Waals surface area (Å²) in [5.74, 6) is -5.73. The first-order valence-electron chi connectivity index (χ1n) is 8.98. The Hall–Kier alpha value is -3.20. The Kier molecular flexibility index (Phi) is 6.51. The number of piperazine rings is 1. The maximum atomic E-state index is 14.5. The lowest BCUT2D eigenvalue weighted by Crippen LogP contribution is -2.53. The van der Waals surface area contributed by atoms with E-state index in [1.54, 1.807) is 24.3 Å². The predicted octanol–water partition coefficient (Wildman–Crippen LogP) is 3.14. The number of anilines is 1. The van der Waals surface area contributed by atoms with E-state index in [9.17, 15) is 23.2 Å². The van der Waals surface area contributed by atoms with Gasteiger partial charge in [0.15, 0.2) is 0 Å². The van der Waals surface area contributed by atoms with Crippen molar-refractivity contribution in [2.45, 2.75) is 12.5 Å². The van der Waals surface area contributed by atoms with Crippen molar-refractivity contribution in [3.8, 4) is 0 Å². The second kappa shape index (κ2) is 9.08. The number of hydrogen-bond acceptors (Lipinski definition) is 4. The third-order valence-corrected chi connectivity index (χ3v) is 4.62. The number of halogens is 3. The molecule has 2 N–H and O–H groups in total. The van der Waals surface area contributed by atoms with Crippen molar-refractivity contribution in [2.24, 2.45) is 0 Å². The molecule has 158 valence electrons. The summed E-state index contributed by atoms with van der Waals surface area (Å²) < 4.78 is 34.2. The van der Waals surface area contributed by atoms with Crippen molar-refractivity contribution < 1.29 is 27.9 Å². The van der Waals surface area contributed by atoms with E-state index in [-0.39, 0.29) is 25.4 Å². The van der Waals surface area contributed by atoms with E-state index >= 15 is 0 Å². The second-order valence-electron chi connectivity index (χ2n) is 6.56. The number of nitrogens with zero attached hydrogens (tertiary/aromatic N) is 1. The van der Waals surface area contributed by atoms with Crippen LogP contribution in [0.2, 0.25) is 5.02 Å². The number of hydrogen-bond donors (Lipinski definition) is 2. The van der Waals surface area contributed by atoms with Crippen molar-refractivity contribution in [3.63, 3.8) is 0 Å². The zero-order valence-electron chi connectivity index (χ0n) is 15.7. The van der Waals surface area contributed by atoms with Crippen LogP contribution in [0, 0.1) is 0 Å². The number of ether oxygens (including phenoxy) is 1. The Labute approximate surface area is 175 Å². The van der Waals surface area contributed by atoms with Crippen LogP contribution in [0.3, 0.4) is 0 Å². The molecule has 7 nitrogen and oxygen atoms in total. The van der Waals surface area contributed by atoms with Crippen LogP contribution in [-0.4, -0.2) is 42.4 Å². The molecule has 0 bridgehead atoms. The summed E-state index contributed by atoms with van der Waals surface area (Å²) in [6.07, 6.45) is -0.764. The van der Waals surface area contributed by atoms with E-state index in [0.717, 1.165) is 22.6 Å². The lowest BCUT2D eigenvalue weighted by atomic mass is 10.1. The summed E-state index contributed by atoms with van der Waals surface area (Å²) in [6, 6.07) is 11.3. The molecule has 1 saturated heterocycles. The molecule has 0 saturated carbocycles. The molecule has 1 aliphatic rings.